The standard InChI is InChI=1S/C15H24N2O2/c1-8(2)11-7-12(9(3)4)14(16)15(17(18)19)13(11)10(5)6/h7-10H,16H2,1-6H3/p+1. The van der Waals surface area contributed by atoms with Crippen molar-refractivity contribution in [2.24, 2.45) is 0 Å². The molecule has 19 heavy (non-hydrogen) atoms. The number of hydrogen-bond acceptors (Lipinski definition) is 2. The lowest BCUT2D eigenvalue weighted by Gasteiger charge is -2.19. The smallest absolute Gasteiger partial charge is 0.319 e. The van der Waals surface area contributed by atoms with Gasteiger partial charge in [-0.15, -0.1) is 0 Å². The van der Waals surface area contributed by atoms with E-state index in [-0.39, 0.29) is 28.4 Å². The van der Waals surface area contributed by atoms with Gasteiger partial charge in [0.2, 0.25) is 5.69 Å². The summed E-state index contributed by atoms with van der Waals surface area (Å²) in [4.78, 5) is 11.2. The molecule has 0 bridgehead atoms. The van der Waals surface area contributed by atoms with E-state index in [9.17, 15) is 10.1 Å². The average Bonchev–Trinajstić information content (AvgIpc) is 2.26. The molecule has 4 nitrogen and oxygen atoms in total. The number of nitro groups is 1. The molecule has 0 spiro atoms. The van der Waals surface area contributed by atoms with Gasteiger partial charge in [0, 0.05) is 11.1 Å². The summed E-state index contributed by atoms with van der Waals surface area (Å²) < 4.78 is 0. The zero-order valence-electron chi connectivity index (χ0n) is 12.8. The lowest BCUT2D eigenvalue weighted by atomic mass is 9.84. The molecule has 0 aliphatic heterocycles. The molecule has 0 saturated heterocycles. The molecule has 1 aromatic carbocycles. The molecule has 0 amide bonds. The first-order valence-electron chi connectivity index (χ1n) is 6.85. The van der Waals surface area contributed by atoms with Crippen molar-refractivity contribution in [2.75, 3.05) is 0 Å². The van der Waals surface area contributed by atoms with Crippen molar-refractivity contribution < 1.29 is 10.7 Å². The van der Waals surface area contributed by atoms with Gasteiger partial charge in [-0.1, -0.05) is 41.5 Å². The first-order valence-corrected chi connectivity index (χ1v) is 6.85. The number of hydrogen-bond donors (Lipinski definition) is 1. The normalized spacial score (nSPS) is 11.7. The number of nitrogens with zero attached hydrogens (tertiary/aromatic N) is 1. The highest BCUT2D eigenvalue weighted by Gasteiger charge is 2.30. The zero-order chi connectivity index (χ0) is 14.9. The van der Waals surface area contributed by atoms with Crippen molar-refractivity contribution in [3.05, 3.63) is 32.9 Å². The Labute approximate surface area is 115 Å². The third-order valence-electron chi connectivity index (χ3n) is 3.52. The van der Waals surface area contributed by atoms with Crippen LogP contribution in [0.25, 0.3) is 0 Å². The third-order valence-corrected chi connectivity index (χ3v) is 3.52. The van der Waals surface area contributed by atoms with Crippen molar-refractivity contribution in [1.82, 2.24) is 0 Å². The Morgan fingerprint density at radius 1 is 1.00 bits per heavy atom. The summed E-state index contributed by atoms with van der Waals surface area (Å²) in [5, 5.41) is 11.5. The van der Waals surface area contributed by atoms with E-state index in [1.165, 1.54) is 0 Å². The average molecular weight is 265 g/mol. The molecule has 0 radical (unpaired) electrons. The SMILES string of the molecule is CC(C)c1cc(C(C)C)c(C(C)C)c([N+](=O)[O-])c1[NH3+]. The summed E-state index contributed by atoms with van der Waals surface area (Å²) in [6, 6.07) is 2.11. The van der Waals surface area contributed by atoms with Crippen LogP contribution in [0.3, 0.4) is 0 Å². The molecule has 0 saturated carbocycles. The Balaban J connectivity index is 3.78. The van der Waals surface area contributed by atoms with E-state index in [2.05, 4.69) is 25.6 Å². The van der Waals surface area contributed by atoms with E-state index in [4.69, 9.17) is 0 Å². The molecule has 0 aliphatic carbocycles. The fourth-order valence-corrected chi connectivity index (χ4v) is 2.58. The van der Waals surface area contributed by atoms with E-state index in [1.807, 2.05) is 27.7 Å². The van der Waals surface area contributed by atoms with Crippen molar-refractivity contribution in [2.45, 2.75) is 59.3 Å². The fourth-order valence-electron chi connectivity index (χ4n) is 2.58. The molecule has 0 aromatic heterocycles. The van der Waals surface area contributed by atoms with Gasteiger partial charge in [-0.25, -0.2) is 0 Å². The van der Waals surface area contributed by atoms with Gasteiger partial charge in [-0.2, -0.15) is 0 Å². The van der Waals surface area contributed by atoms with Gasteiger partial charge in [0.05, 0.1) is 4.92 Å². The summed E-state index contributed by atoms with van der Waals surface area (Å²) in [6.45, 7) is 12.3. The van der Waals surface area contributed by atoms with Crippen LogP contribution in [0.15, 0.2) is 6.07 Å². The molecule has 0 heterocycles. The zero-order valence-corrected chi connectivity index (χ0v) is 12.8. The van der Waals surface area contributed by atoms with Crippen LogP contribution in [0.5, 0.6) is 0 Å². The summed E-state index contributed by atoms with van der Waals surface area (Å²) >= 11 is 0. The molecular formula is C15H25N2O2+. The fraction of sp³-hybridized carbons (Fsp3) is 0.600. The predicted octanol–water partition coefficient (Wildman–Crippen LogP) is 3.84. The van der Waals surface area contributed by atoms with Crippen LogP contribution < -0.4 is 5.73 Å². The highest BCUT2D eigenvalue weighted by Crippen LogP contribution is 2.41. The van der Waals surface area contributed by atoms with Crippen LogP contribution in [0.1, 0.15) is 76.0 Å². The van der Waals surface area contributed by atoms with Crippen LogP contribution in [0, 0.1) is 10.1 Å². The third kappa shape index (κ3) is 2.95. The Kier molecular flexibility index (Phi) is 4.69. The van der Waals surface area contributed by atoms with Crippen molar-refractivity contribution in [1.29, 1.82) is 0 Å². The number of rotatable bonds is 4. The predicted molar refractivity (Wildman–Crippen MR) is 77.9 cm³/mol. The second kappa shape index (κ2) is 5.70. The van der Waals surface area contributed by atoms with Crippen LogP contribution >= 0.6 is 0 Å². The Bertz CT molecular complexity index is 491. The van der Waals surface area contributed by atoms with E-state index in [0.717, 1.165) is 16.7 Å². The van der Waals surface area contributed by atoms with Crippen LogP contribution in [0.2, 0.25) is 0 Å². The van der Waals surface area contributed by atoms with E-state index in [1.54, 1.807) is 0 Å². The molecule has 1 aromatic rings. The maximum Gasteiger partial charge on any atom is 0.333 e. The molecule has 0 fully saturated rings. The van der Waals surface area contributed by atoms with Crippen LogP contribution in [0.4, 0.5) is 11.4 Å². The Hall–Kier alpha value is -1.42. The van der Waals surface area contributed by atoms with Gasteiger partial charge in [-0.3, -0.25) is 10.1 Å². The topological polar surface area (TPSA) is 70.8 Å². The van der Waals surface area contributed by atoms with Gasteiger partial charge >= 0.3 is 5.69 Å². The maximum atomic E-state index is 11.5. The summed E-state index contributed by atoms with van der Waals surface area (Å²) in [6.07, 6.45) is 0. The summed E-state index contributed by atoms with van der Waals surface area (Å²) in [7, 11) is 0. The molecule has 106 valence electrons. The largest absolute Gasteiger partial charge is 0.333 e. The number of benzene rings is 1. The molecule has 0 aliphatic rings. The first kappa shape index (κ1) is 15.6. The minimum absolute atomic E-state index is 0.125. The van der Waals surface area contributed by atoms with Crippen molar-refractivity contribution >= 4 is 11.4 Å². The van der Waals surface area contributed by atoms with E-state index in [0.29, 0.717) is 5.69 Å². The van der Waals surface area contributed by atoms with Crippen LogP contribution in [-0.4, -0.2) is 4.92 Å². The molecule has 0 unspecified atom stereocenters. The molecular weight excluding hydrogens is 240 g/mol. The molecule has 3 N–H and O–H groups in total. The summed E-state index contributed by atoms with van der Waals surface area (Å²) in [5.74, 6) is 0.638. The highest BCUT2D eigenvalue weighted by atomic mass is 16.6. The second-order valence-corrected chi connectivity index (χ2v) is 6.02. The van der Waals surface area contributed by atoms with E-state index >= 15 is 0 Å². The minimum Gasteiger partial charge on any atom is -0.319 e. The number of quaternary nitrogens is 1. The van der Waals surface area contributed by atoms with Crippen molar-refractivity contribution in [3.8, 4) is 0 Å². The summed E-state index contributed by atoms with van der Waals surface area (Å²) in [5.41, 5.74) is 7.66. The van der Waals surface area contributed by atoms with Gasteiger partial charge in [-0.05, 0) is 29.4 Å². The van der Waals surface area contributed by atoms with Gasteiger partial charge < -0.3 is 5.73 Å². The monoisotopic (exact) mass is 265 g/mol. The van der Waals surface area contributed by atoms with Gasteiger partial charge in [0.15, 0.2) is 0 Å². The Morgan fingerprint density at radius 2 is 1.47 bits per heavy atom. The van der Waals surface area contributed by atoms with Crippen LogP contribution in [-0.2, 0) is 0 Å². The van der Waals surface area contributed by atoms with Gasteiger partial charge in [0.25, 0.3) is 0 Å². The second-order valence-electron chi connectivity index (χ2n) is 6.02. The quantitative estimate of drug-likeness (QED) is 0.663. The highest BCUT2D eigenvalue weighted by molar-refractivity contribution is 5.66. The molecule has 0 atom stereocenters. The van der Waals surface area contributed by atoms with Gasteiger partial charge in [0.1, 0.15) is 0 Å². The number of nitro benzene ring substituents is 1. The molecule has 4 heteroatoms. The lowest BCUT2D eigenvalue weighted by Crippen LogP contribution is -2.43. The maximum absolute atomic E-state index is 11.5. The van der Waals surface area contributed by atoms with E-state index < -0.39 is 0 Å². The Morgan fingerprint density at radius 3 is 1.79 bits per heavy atom. The minimum atomic E-state index is -0.268. The first-order chi connectivity index (χ1) is 8.68. The van der Waals surface area contributed by atoms with Crippen molar-refractivity contribution in [3.63, 3.8) is 0 Å². The molecule has 1 rings (SSSR count). The lowest BCUT2D eigenvalue weighted by molar-refractivity contribution is -0.396.